The summed E-state index contributed by atoms with van der Waals surface area (Å²) in [5.41, 5.74) is -0.167. The van der Waals surface area contributed by atoms with Crippen LogP contribution in [0.15, 0.2) is 42.5 Å². The molecule has 0 radical (unpaired) electrons. The van der Waals surface area contributed by atoms with Gasteiger partial charge in [0.25, 0.3) is 0 Å². The summed E-state index contributed by atoms with van der Waals surface area (Å²) in [5, 5.41) is 13.3. The van der Waals surface area contributed by atoms with E-state index < -0.39 is 29.3 Å². The lowest BCUT2D eigenvalue weighted by Crippen LogP contribution is -2.48. The van der Waals surface area contributed by atoms with Crippen molar-refractivity contribution in [2.45, 2.75) is 97.5 Å². The van der Waals surface area contributed by atoms with Crippen molar-refractivity contribution in [2.75, 3.05) is 0 Å². The van der Waals surface area contributed by atoms with Gasteiger partial charge in [-0.1, -0.05) is 42.5 Å². The third-order valence-electron chi connectivity index (χ3n) is 5.35. The van der Waals surface area contributed by atoms with E-state index in [1.165, 1.54) is 0 Å². The summed E-state index contributed by atoms with van der Waals surface area (Å²) in [4.78, 5) is 50.0. The average Bonchev–Trinajstić information content (AvgIpc) is 2.74. The van der Waals surface area contributed by atoms with Crippen LogP contribution in [0.4, 0.5) is 4.79 Å². The molecule has 9 nitrogen and oxygen atoms in total. The topological polar surface area (TPSA) is 126 Å². The fourth-order valence-corrected chi connectivity index (χ4v) is 3.94. The summed E-state index contributed by atoms with van der Waals surface area (Å²) < 4.78 is 5.29. The summed E-state index contributed by atoms with van der Waals surface area (Å²) >= 11 is 0. The van der Waals surface area contributed by atoms with Gasteiger partial charge in [0.15, 0.2) is 0 Å². The number of rotatable bonds is 10. The highest BCUT2D eigenvalue weighted by Crippen LogP contribution is 2.18. The number of carbonyl (C=O) groups is 4. The van der Waals surface area contributed by atoms with Gasteiger partial charge < -0.3 is 26.0 Å². The minimum absolute atomic E-state index is 0.0885. The Bertz CT molecular complexity index is 1100. The molecule has 2 aromatic rings. The number of amides is 4. The van der Waals surface area contributed by atoms with Gasteiger partial charge in [-0.25, -0.2) is 4.79 Å². The van der Waals surface area contributed by atoms with Crippen molar-refractivity contribution in [3.8, 4) is 0 Å². The first-order chi connectivity index (χ1) is 17.6. The summed E-state index contributed by atoms with van der Waals surface area (Å²) in [6.45, 7) is 12.8. The van der Waals surface area contributed by atoms with Crippen LogP contribution < -0.4 is 21.3 Å². The van der Waals surface area contributed by atoms with Gasteiger partial charge in [0.1, 0.15) is 5.60 Å². The maximum Gasteiger partial charge on any atom is 0.407 e. The SMILES string of the molecule is C[C@@H](CC(=O)NCc1cccc2ccccc12)NC(=O)C[C@H](CC(=O)NC(C)(C)C)NC(=O)OC(C)(C)C. The standard InChI is InChI=1S/C29H42N4O5/c1-19(15-24(34)30-18-21-13-10-12-20-11-8-9-14-23(20)21)31-25(35)16-22(17-26(36)33-28(2,3)4)32-27(37)38-29(5,6)7/h8-14,19,22H,15-18H2,1-7H3,(H,30,34)(H,31,35)(H,32,37)(H,33,36)/t19-,22+/m0/s1. The van der Waals surface area contributed by atoms with E-state index in [1.54, 1.807) is 27.7 Å². The largest absolute Gasteiger partial charge is 0.444 e. The molecular formula is C29H42N4O5. The van der Waals surface area contributed by atoms with Gasteiger partial charge in [-0.2, -0.15) is 0 Å². The molecular weight excluding hydrogens is 484 g/mol. The summed E-state index contributed by atoms with van der Waals surface area (Å²) in [7, 11) is 0. The highest BCUT2D eigenvalue weighted by molar-refractivity contribution is 5.86. The zero-order chi connectivity index (χ0) is 28.5. The van der Waals surface area contributed by atoms with E-state index in [2.05, 4.69) is 21.3 Å². The van der Waals surface area contributed by atoms with Gasteiger partial charge in [-0.3, -0.25) is 14.4 Å². The predicted octanol–water partition coefficient (Wildman–Crippen LogP) is 3.94. The van der Waals surface area contributed by atoms with Crippen molar-refractivity contribution < 1.29 is 23.9 Å². The smallest absolute Gasteiger partial charge is 0.407 e. The minimum atomic E-state index is -0.778. The van der Waals surface area contributed by atoms with Crippen molar-refractivity contribution in [3.05, 3.63) is 48.0 Å². The van der Waals surface area contributed by atoms with E-state index in [4.69, 9.17) is 4.74 Å². The van der Waals surface area contributed by atoms with Crippen LogP contribution in [-0.2, 0) is 25.7 Å². The number of carbonyl (C=O) groups excluding carboxylic acids is 4. The Kier molecular flexibility index (Phi) is 10.7. The van der Waals surface area contributed by atoms with Crippen LogP contribution in [0, 0.1) is 0 Å². The number of ether oxygens (including phenoxy) is 1. The van der Waals surface area contributed by atoms with Crippen LogP contribution >= 0.6 is 0 Å². The van der Waals surface area contributed by atoms with Crippen molar-refractivity contribution in [1.29, 1.82) is 0 Å². The summed E-state index contributed by atoms with van der Waals surface area (Å²) in [6, 6.07) is 12.7. The predicted molar refractivity (Wildman–Crippen MR) is 148 cm³/mol. The van der Waals surface area contributed by atoms with Crippen molar-refractivity contribution >= 4 is 34.6 Å². The van der Waals surface area contributed by atoms with Gasteiger partial charge in [0.2, 0.25) is 17.7 Å². The number of hydrogen-bond donors (Lipinski definition) is 4. The molecule has 0 saturated carbocycles. The van der Waals surface area contributed by atoms with E-state index in [-0.39, 0.29) is 37.0 Å². The lowest BCUT2D eigenvalue weighted by molar-refractivity contribution is -0.124. The van der Waals surface area contributed by atoms with E-state index in [0.29, 0.717) is 6.54 Å². The molecule has 208 valence electrons. The fourth-order valence-electron chi connectivity index (χ4n) is 3.94. The number of benzene rings is 2. The second kappa shape index (κ2) is 13.3. The molecule has 2 rings (SSSR count). The van der Waals surface area contributed by atoms with Crippen molar-refractivity contribution in [2.24, 2.45) is 0 Å². The molecule has 4 amide bonds. The Labute approximate surface area is 225 Å². The van der Waals surface area contributed by atoms with Gasteiger partial charge in [0, 0.05) is 43.4 Å². The van der Waals surface area contributed by atoms with Gasteiger partial charge in [-0.05, 0) is 64.8 Å². The molecule has 0 spiro atoms. The van der Waals surface area contributed by atoms with Gasteiger partial charge in [0.05, 0.1) is 0 Å². The van der Waals surface area contributed by atoms with Gasteiger partial charge >= 0.3 is 6.09 Å². The molecule has 4 N–H and O–H groups in total. The molecule has 9 heteroatoms. The first-order valence-corrected chi connectivity index (χ1v) is 12.9. The Hall–Kier alpha value is -3.62. The maximum absolute atomic E-state index is 12.7. The second-order valence-corrected chi connectivity index (χ2v) is 11.6. The van der Waals surface area contributed by atoms with Crippen LogP contribution in [0.2, 0.25) is 0 Å². The van der Waals surface area contributed by atoms with Crippen LogP contribution in [0.3, 0.4) is 0 Å². The van der Waals surface area contributed by atoms with E-state index in [9.17, 15) is 19.2 Å². The highest BCUT2D eigenvalue weighted by Gasteiger charge is 2.25. The van der Waals surface area contributed by atoms with Crippen molar-refractivity contribution in [1.82, 2.24) is 21.3 Å². The third-order valence-corrected chi connectivity index (χ3v) is 5.35. The van der Waals surface area contributed by atoms with Crippen molar-refractivity contribution in [3.63, 3.8) is 0 Å². The Morgan fingerprint density at radius 1 is 0.789 bits per heavy atom. The molecule has 0 fully saturated rings. The molecule has 0 bridgehead atoms. The normalized spacial score (nSPS) is 13.2. The van der Waals surface area contributed by atoms with Crippen LogP contribution in [-0.4, -0.2) is 47.0 Å². The number of hydrogen-bond acceptors (Lipinski definition) is 5. The Morgan fingerprint density at radius 2 is 1.42 bits per heavy atom. The third kappa shape index (κ3) is 11.6. The van der Waals surface area contributed by atoms with E-state index in [0.717, 1.165) is 16.3 Å². The molecule has 0 aromatic heterocycles. The van der Waals surface area contributed by atoms with Gasteiger partial charge in [-0.15, -0.1) is 0 Å². The lowest BCUT2D eigenvalue weighted by Gasteiger charge is -2.25. The summed E-state index contributed by atoms with van der Waals surface area (Å²) in [5.74, 6) is -0.880. The first-order valence-electron chi connectivity index (χ1n) is 12.9. The Balaban J connectivity index is 1.91. The first kappa shape index (κ1) is 30.6. The Morgan fingerprint density at radius 3 is 2.08 bits per heavy atom. The summed E-state index contributed by atoms with van der Waals surface area (Å²) in [6.07, 6.45) is -0.854. The maximum atomic E-state index is 12.7. The highest BCUT2D eigenvalue weighted by atomic mass is 16.6. The van der Waals surface area contributed by atoms with Crippen LogP contribution in [0.5, 0.6) is 0 Å². The lowest BCUT2D eigenvalue weighted by atomic mass is 10.0. The van der Waals surface area contributed by atoms with E-state index >= 15 is 0 Å². The molecule has 38 heavy (non-hydrogen) atoms. The minimum Gasteiger partial charge on any atom is -0.444 e. The molecule has 0 heterocycles. The molecule has 0 aliphatic heterocycles. The zero-order valence-corrected chi connectivity index (χ0v) is 23.6. The molecule has 0 aliphatic carbocycles. The van der Waals surface area contributed by atoms with Crippen LogP contribution in [0.25, 0.3) is 10.8 Å². The number of alkyl carbamates (subject to hydrolysis) is 1. The average molecular weight is 527 g/mol. The number of fused-ring (bicyclic) bond motifs is 1. The molecule has 2 aromatic carbocycles. The number of nitrogens with one attached hydrogen (secondary N) is 4. The second-order valence-electron chi connectivity index (χ2n) is 11.6. The monoisotopic (exact) mass is 526 g/mol. The zero-order valence-electron chi connectivity index (χ0n) is 23.6. The molecule has 0 unspecified atom stereocenters. The molecule has 0 saturated heterocycles. The van der Waals surface area contributed by atoms with Crippen LogP contribution in [0.1, 0.15) is 73.3 Å². The fraction of sp³-hybridized carbons (Fsp3) is 0.517. The molecule has 2 atom stereocenters. The van der Waals surface area contributed by atoms with E-state index in [1.807, 2.05) is 63.2 Å². The molecule has 0 aliphatic rings. The quantitative estimate of drug-likeness (QED) is 0.373.